The van der Waals surface area contributed by atoms with E-state index in [0.717, 1.165) is 16.5 Å². The molecule has 1 nitrogen and oxygen atoms in total. The maximum Gasteiger partial charge on any atom is 0.119 e. The summed E-state index contributed by atoms with van der Waals surface area (Å²) in [6, 6.07) is 5.63. The average molecular weight is 299 g/mol. The van der Waals surface area contributed by atoms with Crippen molar-refractivity contribution in [3.63, 3.8) is 0 Å². The van der Waals surface area contributed by atoms with E-state index in [1.54, 1.807) is 6.07 Å². The topological polar surface area (TPSA) is 20.2 Å². The van der Waals surface area contributed by atoms with E-state index < -0.39 is 0 Å². The number of benzene rings is 1. The summed E-state index contributed by atoms with van der Waals surface area (Å²) >= 11 is 3.49. The maximum atomic E-state index is 9.73. The molecule has 17 heavy (non-hydrogen) atoms. The highest BCUT2D eigenvalue weighted by atomic mass is 79.9. The second-order valence-corrected chi connectivity index (χ2v) is 5.46. The molecule has 1 N–H and O–H groups in total. The van der Waals surface area contributed by atoms with E-state index in [0.29, 0.717) is 5.75 Å². The Morgan fingerprint density at radius 1 is 1.00 bits per heavy atom. The molecule has 0 heterocycles. The van der Waals surface area contributed by atoms with Gasteiger partial charge in [0.15, 0.2) is 0 Å². The van der Waals surface area contributed by atoms with Gasteiger partial charge < -0.3 is 5.11 Å². The molecule has 0 radical (unpaired) electrons. The zero-order valence-corrected chi connectivity index (χ0v) is 12.3. The van der Waals surface area contributed by atoms with Gasteiger partial charge in [-0.25, -0.2) is 0 Å². The van der Waals surface area contributed by atoms with Crippen molar-refractivity contribution in [2.75, 3.05) is 0 Å². The molecule has 0 saturated carbocycles. The lowest BCUT2D eigenvalue weighted by Crippen LogP contribution is -1.89. The van der Waals surface area contributed by atoms with Crippen LogP contribution in [0, 0.1) is 0 Å². The normalized spacial score (nSPS) is 10.7. The highest BCUT2D eigenvalue weighted by molar-refractivity contribution is 9.10. The van der Waals surface area contributed by atoms with Crippen LogP contribution in [0.2, 0.25) is 0 Å². The molecule has 0 aliphatic rings. The van der Waals surface area contributed by atoms with Crippen molar-refractivity contribution in [1.82, 2.24) is 0 Å². The van der Waals surface area contributed by atoms with Crippen molar-refractivity contribution in [2.45, 2.75) is 58.3 Å². The average Bonchev–Trinajstić information content (AvgIpc) is 2.31. The first-order valence-electron chi connectivity index (χ1n) is 6.72. The van der Waals surface area contributed by atoms with Crippen molar-refractivity contribution in [3.8, 4) is 5.75 Å². The van der Waals surface area contributed by atoms with Crippen LogP contribution < -0.4 is 0 Å². The molecule has 0 unspecified atom stereocenters. The maximum absolute atomic E-state index is 9.73. The Morgan fingerprint density at radius 2 is 1.65 bits per heavy atom. The first kappa shape index (κ1) is 14.6. The van der Waals surface area contributed by atoms with Crippen LogP contribution in [0.5, 0.6) is 5.75 Å². The molecule has 0 saturated heterocycles. The molecule has 0 spiro atoms. The Balaban J connectivity index is 2.18. The van der Waals surface area contributed by atoms with E-state index in [1.807, 2.05) is 12.1 Å². The Labute approximate surface area is 113 Å². The number of phenols is 1. The zero-order chi connectivity index (χ0) is 12.5. The van der Waals surface area contributed by atoms with Crippen LogP contribution in [-0.4, -0.2) is 5.11 Å². The predicted molar refractivity (Wildman–Crippen MR) is 77.5 cm³/mol. The molecule has 1 aromatic carbocycles. The smallest absolute Gasteiger partial charge is 0.119 e. The van der Waals surface area contributed by atoms with Crippen molar-refractivity contribution in [3.05, 3.63) is 28.2 Å². The van der Waals surface area contributed by atoms with E-state index in [2.05, 4.69) is 22.9 Å². The number of aromatic hydroxyl groups is 1. The van der Waals surface area contributed by atoms with Crippen molar-refractivity contribution in [1.29, 1.82) is 0 Å². The number of phenolic OH excluding ortho intramolecular Hbond substituents is 1. The fourth-order valence-corrected chi connectivity index (χ4v) is 2.61. The van der Waals surface area contributed by atoms with Gasteiger partial charge in [-0.1, -0.05) is 67.4 Å². The monoisotopic (exact) mass is 298 g/mol. The number of rotatable bonds is 8. The highest BCUT2D eigenvalue weighted by Crippen LogP contribution is 2.27. The number of hydrogen-bond acceptors (Lipinski definition) is 1. The number of unbranched alkanes of at least 4 members (excludes halogenated alkanes) is 6. The summed E-state index contributed by atoms with van der Waals surface area (Å²) < 4.78 is 1.03. The first-order valence-corrected chi connectivity index (χ1v) is 7.51. The lowest BCUT2D eigenvalue weighted by Gasteiger charge is -2.07. The Bertz CT molecular complexity index is 302. The summed E-state index contributed by atoms with van der Waals surface area (Å²) in [5, 5.41) is 9.73. The molecule has 0 aromatic heterocycles. The fraction of sp³-hybridized carbons (Fsp3) is 0.600. The summed E-state index contributed by atoms with van der Waals surface area (Å²) in [4.78, 5) is 0. The van der Waals surface area contributed by atoms with Crippen molar-refractivity contribution >= 4 is 15.9 Å². The Kier molecular flexibility index (Phi) is 7.34. The van der Waals surface area contributed by atoms with Gasteiger partial charge in [-0.15, -0.1) is 0 Å². The van der Waals surface area contributed by atoms with Crippen LogP contribution in [0.25, 0.3) is 0 Å². The summed E-state index contributed by atoms with van der Waals surface area (Å²) in [6.45, 7) is 2.25. The molecule has 1 aromatic rings. The van der Waals surface area contributed by atoms with Gasteiger partial charge in [-0.3, -0.25) is 0 Å². The molecule has 0 aliphatic heterocycles. The molecule has 96 valence electrons. The van der Waals surface area contributed by atoms with Crippen molar-refractivity contribution < 1.29 is 5.11 Å². The molecular formula is C15H23BrO. The van der Waals surface area contributed by atoms with Crippen LogP contribution in [0.15, 0.2) is 22.7 Å². The fourth-order valence-electron chi connectivity index (χ4n) is 2.05. The third kappa shape index (κ3) is 5.58. The van der Waals surface area contributed by atoms with Gasteiger partial charge in [0.25, 0.3) is 0 Å². The molecular weight excluding hydrogens is 276 g/mol. The molecule has 0 atom stereocenters. The SMILES string of the molecule is CCCCCCCCCc1c(O)cccc1Br. The summed E-state index contributed by atoms with van der Waals surface area (Å²) in [5.41, 5.74) is 1.06. The zero-order valence-electron chi connectivity index (χ0n) is 10.7. The third-order valence-electron chi connectivity index (χ3n) is 3.12. The molecule has 0 amide bonds. The van der Waals surface area contributed by atoms with Crippen LogP contribution in [0.4, 0.5) is 0 Å². The highest BCUT2D eigenvalue weighted by Gasteiger charge is 2.04. The Hall–Kier alpha value is -0.500. The molecule has 1 rings (SSSR count). The van der Waals surface area contributed by atoms with Gasteiger partial charge in [0.2, 0.25) is 0 Å². The Morgan fingerprint density at radius 3 is 2.29 bits per heavy atom. The molecule has 2 heteroatoms. The summed E-state index contributed by atoms with van der Waals surface area (Å²) in [5.74, 6) is 0.422. The van der Waals surface area contributed by atoms with Crippen LogP contribution >= 0.6 is 15.9 Å². The minimum Gasteiger partial charge on any atom is -0.508 e. The van der Waals surface area contributed by atoms with E-state index in [1.165, 1.54) is 44.9 Å². The lowest BCUT2D eigenvalue weighted by atomic mass is 10.0. The third-order valence-corrected chi connectivity index (χ3v) is 3.87. The number of halogens is 1. The number of hydrogen-bond donors (Lipinski definition) is 1. The summed E-state index contributed by atoms with van der Waals surface area (Å²) in [6.07, 6.45) is 10.1. The van der Waals surface area contributed by atoms with Gasteiger partial charge in [-0.05, 0) is 25.0 Å². The van der Waals surface area contributed by atoms with E-state index in [9.17, 15) is 5.11 Å². The quantitative estimate of drug-likeness (QED) is 0.633. The second kappa shape index (κ2) is 8.57. The molecule has 0 fully saturated rings. The molecule has 0 bridgehead atoms. The van der Waals surface area contributed by atoms with Gasteiger partial charge >= 0.3 is 0 Å². The second-order valence-electron chi connectivity index (χ2n) is 4.61. The van der Waals surface area contributed by atoms with Gasteiger partial charge in [-0.2, -0.15) is 0 Å². The first-order chi connectivity index (χ1) is 8.25. The minimum absolute atomic E-state index is 0.422. The van der Waals surface area contributed by atoms with Crippen LogP contribution in [0.3, 0.4) is 0 Å². The van der Waals surface area contributed by atoms with Gasteiger partial charge in [0.05, 0.1) is 0 Å². The van der Waals surface area contributed by atoms with Crippen LogP contribution in [0.1, 0.15) is 57.4 Å². The predicted octanol–water partition coefficient (Wildman–Crippen LogP) is 5.45. The molecule has 0 aliphatic carbocycles. The van der Waals surface area contributed by atoms with E-state index in [4.69, 9.17) is 0 Å². The van der Waals surface area contributed by atoms with Crippen molar-refractivity contribution in [2.24, 2.45) is 0 Å². The van der Waals surface area contributed by atoms with Gasteiger partial charge in [0, 0.05) is 10.0 Å². The van der Waals surface area contributed by atoms with E-state index >= 15 is 0 Å². The minimum atomic E-state index is 0.422. The summed E-state index contributed by atoms with van der Waals surface area (Å²) in [7, 11) is 0. The van der Waals surface area contributed by atoms with E-state index in [-0.39, 0.29) is 0 Å². The van der Waals surface area contributed by atoms with Gasteiger partial charge in [0.1, 0.15) is 5.75 Å². The van der Waals surface area contributed by atoms with Crippen LogP contribution in [-0.2, 0) is 6.42 Å². The largest absolute Gasteiger partial charge is 0.508 e. The lowest BCUT2D eigenvalue weighted by molar-refractivity contribution is 0.465. The standard InChI is InChI=1S/C15H23BrO/c1-2-3-4-5-6-7-8-10-13-14(16)11-9-12-15(13)17/h9,11-12,17H,2-8,10H2,1H3.